The Hall–Kier alpha value is -3.78. The number of nitrogens with two attached hydrogens (primary N) is 1. The average molecular weight is 431 g/mol. The second kappa shape index (κ2) is 11.6. The molecule has 0 aliphatic carbocycles. The van der Waals surface area contributed by atoms with Crippen LogP contribution in [0.4, 0.5) is 11.4 Å². The third-order valence-corrected chi connectivity index (χ3v) is 4.85. The number of nitrogens with zero attached hydrogens (tertiary/aromatic N) is 2. The summed E-state index contributed by atoms with van der Waals surface area (Å²) in [6.45, 7) is 8.15. The molecule has 2 aromatic carbocycles. The third-order valence-electron chi connectivity index (χ3n) is 4.85. The summed E-state index contributed by atoms with van der Waals surface area (Å²) < 4.78 is 0. The Bertz CT molecular complexity index is 1120. The van der Waals surface area contributed by atoms with Gasteiger partial charge >= 0.3 is 0 Å². The molecule has 0 bridgehead atoms. The molecule has 1 aliphatic heterocycles. The Kier molecular flexibility index (Phi) is 8.85. The molecule has 0 aromatic heterocycles. The molecule has 1 aliphatic rings. The maximum atomic E-state index is 12.5. The number of nitrogens with one attached hydrogen (secondary N) is 1. The molecule has 168 valence electrons. The zero-order valence-corrected chi connectivity index (χ0v) is 19.8. The van der Waals surface area contributed by atoms with Crippen LogP contribution in [0.1, 0.15) is 38.4 Å². The Morgan fingerprint density at radius 1 is 1.12 bits per heavy atom. The van der Waals surface area contributed by atoms with Gasteiger partial charge in [-0.05, 0) is 67.3 Å². The van der Waals surface area contributed by atoms with Gasteiger partial charge in [-0.2, -0.15) is 0 Å². The first kappa shape index (κ1) is 24.5. The molecule has 0 saturated heterocycles. The summed E-state index contributed by atoms with van der Waals surface area (Å²) in [6, 6.07) is 13.7. The van der Waals surface area contributed by atoms with Gasteiger partial charge in [-0.25, -0.2) is 4.99 Å². The first-order chi connectivity index (χ1) is 15.3. The average Bonchev–Trinajstić information content (AvgIpc) is 3.03. The van der Waals surface area contributed by atoms with Gasteiger partial charge in [0.15, 0.2) is 0 Å². The number of anilines is 2. The van der Waals surface area contributed by atoms with Gasteiger partial charge in [-0.1, -0.05) is 31.9 Å². The number of hydrogen-bond donors (Lipinski definition) is 2. The summed E-state index contributed by atoms with van der Waals surface area (Å²) >= 11 is 0. The van der Waals surface area contributed by atoms with E-state index in [1.165, 1.54) is 17.2 Å². The van der Waals surface area contributed by atoms with Crippen molar-refractivity contribution in [3.63, 3.8) is 0 Å². The molecule has 1 heterocycles. The number of hydrogen-bond acceptors (Lipinski definition) is 4. The molecule has 2 aromatic rings. The lowest BCUT2D eigenvalue weighted by atomic mass is 10.0. The van der Waals surface area contributed by atoms with Crippen LogP contribution in [-0.2, 0) is 4.79 Å². The van der Waals surface area contributed by atoms with Crippen LogP contribution in [-0.4, -0.2) is 25.7 Å². The van der Waals surface area contributed by atoms with E-state index in [1.54, 1.807) is 0 Å². The van der Waals surface area contributed by atoms with E-state index in [1.807, 2.05) is 69.3 Å². The molecule has 0 saturated carbocycles. The van der Waals surface area contributed by atoms with E-state index in [9.17, 15) is 4.79 Å². The van der Waals surface area contributed by atoms with Crippen LogP contribution in [0.5, 0.6) is 0 Å². The largest absolute Gasteiger partial charge is 0.394 e. The first-order valence-electron chi connectivity index (χ1n) is 10.7. The monoisotopic (exact) mass is 430 g/mol. The van der Waals surface area contributed by atoms with Crippen molar-refractivity contribution in [2.45, 2.75) is 34.1 Å². The molecule has 1 amide bonds. The molecule has 0 radical (unpaired) electrons. The highest BCUT2D eigenvalue weighted by Gasteiger charge is 2.10. The SMILES string of the molecule is CC.Cc1ccc(C2=CCC#CC(/C=C(\N)C(=O)Nc3ccc(N(C)C)cc3)=N2)cc1C.[HH]. The lowest BCUT2D eigenvalue weighted by Crippen LogP contribution is -2.21. The molecule has 3 N–H and O–H groups in total. The van der Waals surface area contributed by atoms with Gasteiger partial charge in [0.05, 0.1) is 5.70 Å². The third kappa shape index (κ3) is 6.61. The van der Waals surface area contributed by atoms with E-state index in [0.717, 1.165) is 16.9 Å². The highest BCUT2D eigenvalue weighted by Crippen LogP contribution is 2.21. The Morgan fingerprint density at radius 3 is 2.44 bits per heavy atom. The van der Waals surface area contributed by atoms with E-state index in [0.29, 0.717) is 17.8 Å². The molecular weight excluding hydrogens is 396 g/mol. The highest BCUT2D eigenvalue weighted by atomic mass is 16.2. The zero-order chi connectivity index (χ0) is 23.7. The Labute approximate surface area is 193 Å². The number of rotatable bonds is 5. The second-order valence-corrected chi connectivity index (χ2v) is 7.39. The van der Waals surface area contributed by atoms with Crippen LogP contribution in [0.15, 0.2) is 65.3 Å². The first-order valence-corrected chi connectivity index (χ1v) is 10.7. The molecule has 0 fully saturated rings. The summed E-state index contributed by atoms with van der Waals surface area (Å²) in [5, 5.41) is 2.80. The van der Waals surface area contributed by atoms with Gasteiger partial charge in [0.1, 0.15) is 11.4 Å². The van der Waals surface area contributed by atoms with Crippen LogP contribution in [0.25, 0.3) is 5.70 Å². The van der Waals surface area contributed by atoms with Crippen LogP contribution in [0.3, 0.4) is 0 Å². The molecule has 32 heavy (non-hydrogen) atoms. The fraction of sp³-hybridized carbons (Fsp3) is 0.259. The van der Waals surface area contributed by atoms with Gasteiger partial charge in [0, 0.05) is 45.0 Å². The fourth-order valence-corrected chi connectivity index (χ4v) is 2.90. The van der Waals surface area contributed by atoms with Crippen LogP contribution >= 0.6 is 0 Å². The number of allylic oxidation sites excluding steroid dienone is 2. The van der Waals surface area contributed by atoms with E-state index < -0.39 is 5.91 Å². The van der Waals surface area contributed by atoms with Crippen LogP contribution < -0.4 is 16.0 Å². The molecule has 5 nitrogen and oxygen atoms in total. The summed E-state index contributed by atoms with van der Waals surface area (Å²) in [7, 11) is 3.92. The van der Waals surface area contributed by atoms with Crippen LogP contribution in [0.2, 0.25) is 0 Å². The maximum Gasteiger partial charge on any atom is 0.271 e. The Balaban J connectivity index is 0.00000177. The van der Waals surface area contributed by atoms with Gasteiger partial charge in [0.25, 0.3) is 5.91 Å². The summed E-state index contributed by atoms with van der Waals surface area (Å²) in [5.74, 6) is 5.63. The van der Waals surface area contributed by atoms with Crippen molar-refractivity contribution >= 4 is 28.7 Å². The number of carbonyl (C=O) groups is 1. The number of aryl methyl sites for hydroxylation is 2. The number of benzene rings is 2. The lowest BCUT2D eigenvalue weighted by molar-refractivity contribution is -0.112. The second-order valence-electron chi connectivity index (χ2n) is 7.39. The van der Waals surface area contributed by atoms with Crippen molar-refractivity contribution < 1.29 is 6.22 Å². The van der Waals surface area contributed by atoms with Gasteiger partial charge < -0.3 is 16.0 Å². The van der Waals surface area contributed by atoms with Crippen molar-refractivity contribution in [3.05, 3.63) is 77.0 Å². The van der Waals surface area contributed by atoms with E-state index in [-0.39, 0.29) is 7.12 Å². The summed E-state index contributed by atoms with van der Waals surface area (Å²) in [4.78, 5) is 19.1. The summed E-state index contributed by atoms with van der Waals surface area (Å²) in [6.07, 6.45) is 4.10. The maximum absolute atomic E-state index is 12.5. The minimum atomic E-state index is -0.391. The molecule has 3 rings (SSSR count). The number of carbonyl (C=O) groups excluding carboxylic acids is 1. The van der Waals surface area contributed by atoms with Gasteiger partial charge in [0.2, 0.25) is 0 Å². The fourth-order valence-electron chi connectivity index (χ4n) is 2.90. The summed E-state index contributed by atoms with van der Waals surface area (Å²) in [5.41, 5.74) is 12.5. The van der Waals surface area contributed by atoms with Crippen LogP contribution in [0, 0.1) is 25.7 Å². The van der Waals surface area contributed by atoms with E-state index in [4.69, 9.17) is 5.73 Å². The highest BCUT2D eigenvalue weighted by molar-refractivity contribution is 6.16. The zero-order valence-electron chi connectivity index (χ0n) is 19.8. The predicted molar refractivity (Wildman–Crippen MR) is 139 cm³/mol. The number of aliphatic imine (C=N–C) groups is 1. The van der Waals surface area contributed by atoms with Crippen molar-refractivity contribution in [2.24, 2.45) is 10.7 Å². The topological polar surface area (TPSA) is 70.7 Å². The molecule has 0 spiro atoms. The van der Waals surface area contributed by atoms with Gasteiger partial charge in [-0.15, -0.1) is 0 Å². The van der Waals surface area contributed by atoms with Crippen molar-refractivity contribution in [1.82, 2.24) is 0 Å². The predicted octanol–water partition coefficient (Wildman–Crippen LogP) is 5.31. The minimum Gasteiger partial charge on any atom is -0.394 e. The van der Waals surface area contributed by atoms with Crippen molar-refractivity contribution in [1.29, 1.82) is 0 Å². The molecule has 0 unspecified atom stereocenters. The quantitative estimate of drug-likeness (QED) is 0.499. The normalized spacial score (nSPS) is 12.8. The minimum absolute atomic E-state index is 0. The smallest absolute Gasteiger partial charge is 0.271 e. The number of amides is 1. The Morgan fingerprint density at radius 2 is 1.81 bits per heavy atom. The van der Waals surface area contributed by atoms with Gasteiger partial charge in [-0.3, -0.25) is 4.79 Å². The standard InChI is InChI=1S/C25H26N4O.C2H6.H2/c1-17-9-10-19(15-18(17)2)24-8-6-5-7-21(27-24)16-23(26)25(30)28-20-11-13-22(14-12-20)29(3)4;1-2;/h8-16H,6,26H2,1-4H3,(H,28,30);1-2H3;1H/b23-16-;;. The molecule has 5 heteroatoms. The van der Waals surface area contributed by atoms with E-state index in [2.05, 4.69) is 48.1 Å². The van der Waals surface area contributed by atoms with E-state index >= 15 is 0 Å². The lowest BCUT2D eigenvalue weighted by Gasteiger charge is -2.13. The molecular formula is C27H34N4O. The van der Waals surface area contributed by atoms with Crippen molar-refractivity contribution in [3.8, 4) is 11.8 Å². The molecule has 0 atom stereocenters. The van der Waals surface area contributed by atoms with Crippen molar-refractivity contribution in [2.75, 3.05) is 24.3 Å².